The molecule has 0 bridgehead atoms. The van der Waals surface area contributed by atoms with Gasteiger partial charge in [-0.25, -0.2) is 16.8 Å². The Kier molecular flexibility index (Phi) is 17.7. The van der Waals surface area contributed by atoms with Crippen LogP contribution in [0.4, 0.5) is 17.1 Å². The van der Waals surface area contributed by atoms with Gasteiger partial charge < -0.3 is 35.5 Å². The molecule has 0 spiro atoms. The van der Waals surface area contributed by atoms with Crippen LogP contribution in [0, 0.1) is 10.1 Å². The molecule has 8 rings (SSSR count). The first-order valence-corrected chi connectivity index (χ1v) is 27.1. The van der Waals surface area contributed by atoms with Gasteiger partial charge in [-0.05, 0) is 105 Å². The Labute approximate surface area is 421 Å². The number of nitro groups is 1. The summed E-state index contributed by atoms with van der Waals surface area (Å²) in [4.78, 5) is 36.9. The topological polar surface area (TPSA) is 228 Å². The maximum atomic E-state index is 13.2. The number of nitrogens with one attached hydrogen (secondary N) is 4. The number of non-ortho nitro benzene ring substituents is 1. The first kappa shape index (κ1) is 52.3. The number of methoxy groups -OCH3 is 3. The summed E-state index contributed by atoms with van der Waals surface area (Å²) in [6.45, 7) is 2.03. The number of hydrogen-bond donors (Lipinski definition) is 4. The van der Waals surface area contributed by atoms with Crippen LogP contribution >= 0.6 is 22.7 Å². The highest BCUT2D eigenvalue weighted by atomic mass is 32.3. The van der Waals surface area contributed by atoms with Gasteiger partial charge >= 0.3 is 0 Å². The number of hydrogen-bond acceptors (Lipinski definition) is 15. The van der Waals surface area contributed by atoms with Crippen LogP contribution in [0.15, 0.2) is 130 Å². The maximum absolute atomic E-state index is 13.2. The van der Waals surface area contributed by atoms with Crippen molar-refractivity contribution < 1.29 is 45.6 Å². The van der Waals surface area contributed by atoms with Crippen molar-refractivity contribution in [1.29, 1.82) is 0 Å². The van der Waals surface area contributed by atoms with Crippen molar-refractivity contribution in [2.24, 2.45) is 0 Å². The van der Waals surface area contributed by atoms with Gasteiger partial charge in [-0.2, -0.15) is 8.61 Å². The van der Waals surface area contributed by atoms with Crippen molar-refractivity contribution in [3.05, 3.63) is 152 Å². The second-order valence-corrected chi connectivity index (χ2v) is 23.1. The molecule has 0 aliphatic carbocycles. The molecular weight excluding hydrogens is 991 g/mol. The Morgan fingerprint density at radius 2 is 1.08 bits per heavy atom. The molecule has 4 N–H and O–H groups in total. The Balaban J connectivity index is 0.000000209. The quantitative estimate of drug-likeness (QED) is 0.0476. The monoisotopic (exact) mass is 1050 g/mol. The van der Waals surface area contributed by atoms with Gasteiger partial charge in [0.2, 0.25) is 0 Å². The van der Waals surface area contributed by atoms with E-state index >= 15 is 0 Å². The highest BCUT2D eigenvalue weighted by molar-refractivity contribution is 7.91. The Hall–Kier alpha value is -6.56. The van der Waals surface area contributed by atoms with Crippen LogP contribution in [-0.4, -0.2) is 102 Å². The maximum Gasteiger partial charge on any atom is 0.271 e. The van der Waals surface area contributed by atoms with E-state index in [0.29, 0.717) is 84.4 Å². The molecule has 71 heavy (non-hydrogen) atoms. The number of anilines is 2. The molecular formula is C49H55N7O11S4. The highest BCUT2D eigenvalue weighted by Crippen LogP contribution is 2.31. The smallest absolute Gasteiger partial charge is 0.271 e. The SMILES string of the molecule is COc1cccc(C(=O)NCc2ccc(S(=O)(=O)N3CCC(Nc4cccc([N+](=O)[O-])c4)CC3)s2)c1.COc1cccc(C(=O)NCc2ccc(S(=O)(=O)N3CCC(Nc4ccccc4OC)CC3)s2)c1. The van der Waals surface area contributed by atoms with Crippen molar-refractivity contribution >= 4 is 71.6 Å². The molecule has 6 aromatic rings. The minimum Gasteiger partial charge on any atom is -0.497 e. The summed E-state index contributed by atoms with van der Waals surface area (Å²) < 4.78 is 71.9. The lowest BCUT2D eigenvalue weighted by atomic mass is 10.1. The fraction of sp³-hybridized carbons (Fsp3) is 0.306. The van der Waals surface area contributed by atoms with Gasteiger partial charge in [0.15, 0.2) is 0 Å². The van der Waals surface area contributed by atoms with Crippen molar-refractivity contribution in [3.8, 4) is 17.2 Å². The van der Waals surface area contributed by atoms with Crippen molar-refractivity contribution in [2.75, 3.05) is 58.1 Å². The van der Waals surface area contributed by atoms with Crippen LogP contribution in [0.25, 0.3) is 0 Å². The number of thiophene rings is 2. The molecule has 0 saturated carbocycles. The van der Waals surface area contributed by atoms with E-state index in [9.17, 15) is 36.5 Å². The van der Waals surface area contributed by atoms with Gasteiger partial charge in [-0.1, -0.05) is 30.3 Å². The van der Waals surface area contributed by atoms with E-state index in [1.165, 1.54) is 39.2 Å². The first-order valence-electron chi connectivity index (χ1n) is 22.6. The number of nitro benzene ring substituents is 1. The lowest BCUT2D eigenvalue weighted by Crippen LogP contribution is -2.42. The van der Waals surface area contributed by atoms with Crippen LogP contribution in [0.1, 0.15) is 56.2 Å². The predicted molar refractivity (Wildman–Crippen MR) is 274 cm³/mol. The van der Waals surface area contributed by atoms with Crippen molar-refractivity contribution in [2.45, 2.75) is 59.3 Å². The number of sulfonamides is 2. The minimum atomic E-state index is -3.65. The van der Waals surface area contributed by atoms with Crippen LogP contribution < -0.4 is 35.5 Å². The highest BCUT2D eigenvalue weighted by Gasteiger charge is 2.32. The van der Waals surface area contributed by atoms with Crippen molar-refractivity contribution in [1.82, 2.24) is 19.2 Å². The number of rotatable bonds is 18. The Bertz CT molecular complexity index is 3020. The minimum absolute atomic E-state index is 0.00759. The molecule has 22 heteroatoms. The molecule has 4 heterocycles. The number of benzene rings is 4. The number of ether oxygens (including phenoxy) is 3. The zero-order valence-corrected chi connectivity index (χ0v) is 42.5. The van der Waals surface area contributed by atoms with Gasteiger partial charge in [0.25, 0.3) is 37.5 Å². The Morgan fingerprint density at radius 3 is 1.56 bits per heavy atom. The van der Waals surface area contributed by atoms with Crippen LogP contribution in [0.2, 0.25) is 0 Å². The molecule has 18 nitrogen and oxygen atoms in total. The third-order valence-corrected chi connectivity index (χ3v) is 18.7. The zero-order valence-electron chi connectivity index (χ0n) is 39.2. The van der Waals surface area contributed by atoms with Gasteiger partial charge in [0.05, 0.1) is 45.0 Å². The van der Waals surface area contributed by atoms with E-state index in [2.05, 4.69) is 21.3 Å². The molecule has 0 atom stereocenters. The largest absolute Gasteiger partial charge is 0.497 e. The summed E-state index contributed by atoms with van der Waals surface area (Å²) in [6, 6.07) is 34.5. The number of amides is 2. The van der Waals surface area contributed by atoms with E-state index in [1.54, 1.807) is 99.1 Å². The summed E-state index contributed by atoms with van der Waals surface area (Å²) in [5, 5.41) is 23.4. The molecule has 0 unspecified atom stereocenters. The molecule has 0 radical (unpaired) electrons. The van der Waals surface area contributed by atoms with Crippen LogP contribution in [-0.2, 0) is 33.1 Å². The summed E-state index contributed by atoms with van der Waals surface area (Å²) in [6.07, 6.45) is 2.56. The summed E-state index contributed by atoms with van der Waals surface area (Å²) in [7, 11) is -2.52. The molecule has 2 aliphatic heterocycles. The van der Waals surface area contributed by atoms with E-state index < -0.39 is 25.0 Å². The number of carbonyl (C=O) groups excluding carboxylic acids is 2. The van der Waals surface area contributed by atoms with Crippen molar-refractivity contribution in [3.63, 3.8) is 0 Å². The fourth-order valence-corrected chi connectivity index (χ4v) is 13.8. The summed E-state index contributed by atoms with van der Waals surface area (Å²) in [5.74, 6) is 1.43. The standard InChI is InChI=1S/C25H29N3O5S2.C24H26N4O6S2/c1-32-20-7-5-6-18(16-20)25(29)26-17-21-10-11-24(34-21)35(30,31)28-14-12-19(13-15-28)27-22-8-3-4-9-23(22)33-2;1-34-21-7-2-4-17(14-21)24(29)25-16-22-8-9-23(35-22)36(32,33)27-12-10-18(11-13-27)26-19-5-3-6-20(15-19)28(30)31/h3-11,16,19,27H,12-15,17H2,1-2H3,(H,26,29);2-9,14-15,18,26H,10-13,16H2,1H3,(H,25,29). The lowest BCUT2D eigenvalue weighted by molar-refractivity contribution is -0.384. The average molecular weight is 1050 g/mol. The summed E-state index contributed by atoms with van der Waals surface area (Å²) >= 11 is 2.32. The van der Waals surface area contributed by atoms with Crippen LogP contribution in [0.5, 0.6) is 17.2 Å². The predicted octanol–water partition coefficient (Wildman–Crippen LogP) is 7.82. The third-order valence-electron chi connectivity index (χ3n) is 11.8. The molecule has 376 valence electrons. The zero-order chi connectivity index (χ0) is 50.5. The van der Waals surface area contributed by atoms with Crippen LogP contribution in [0.3, 0.4) is 0 Å². The van der Waals surface area contributed by atoms with E-state index in [-0.39, 0.29) is 46.9 Å². The molecule has 4 aromatic carbocycles. The molecule has 2 aromatic heterocycles. The number of carbonyl (C=O) groups is 2. The fourth-order valence-electron chi connectivity index (χ4n) is 7.92. The molecule has 2 aliphatic rings. The number of para-hydroxylation sites is 2. The van der Waals surface area contributed by atoms with E-state index in [0.717, 1.165) is 32.5 Å². The van der Waals surface area contributed by atoms with E-state index in [1.807, 2.05) is 24.3 Å². The third kappa shape index (κ3) is 13.7. The second-order valence-electron chi connectivity index (χ2n) is 16.4. The lowest BCUT2D eigenvalue weighted by Gasteiger charge is -2.32. The van der Waals surface area contributed by atoms with E-state index in [4.69, 9.17) is 14.2 Å². The molecule has 2 fully saturated rings. The van der Waals surface area contributed by atoms with Gasteiger partial charge in [-0.15, -0.1) is 22.7 Å². The average Bonchev–Trinajstić information content (AvgIpc) is 4.10. The molecule has 2 saturated heterocycles. The molecule has 2 amide bonds. The summed E-state index contributed by atoms with van der Waals surface area (Å²) in [5.41, 5.74) is 2.51. The van der Waals surface area contributed by atoms with Gasteiger partial charge in [-0.3, -0.25) is 19.7 Å². The van der Waals surface area contributed by atoms with Gasteiger partial charge in [0, 0.05) is 77.0 Å². The van der Waals surface area contributed by atoms with Gasteiger partial charge in [0.1, 0.15) is 25.7 Å². The Morgan fingerprint density at radius 1 is 0.606 bits per heavy atom. The number of piperidine rings is 2. The normalized spacial score (nSPS) is 14.9. The second kappa shape index (κ2) is 24.0. The number of nitrogens with zero attached hydrogens (tertiary/aromatic N) is 3. The first-order chi connectivity index (χ1) is 34.2.